The van der Waals surface area contributed by atoms with Crippen LogP contribution in [0.2, 0.25) is 0 Å². The molecule has 12 rings (SSSR count). The molecule has 0 atom stereocenters. The molecule has 5 aromatic heterocycles. The fourth-order valence-electron chi connectivity index (χ4n) is 8.43. The molecular formula is C48H27N5O2. The van der Waals surface area contributed by atoms with Crippen LogP contribution in [0.25, 0.3) is 116 Å². The van der Waals surface area contributed by atoms with Gasteiger partial charge in [0, 0.05) is 55.8 Å². The predicted octanol–water partition coefficient (Wildman–Crippen LogP) is 12.3. The van der Waals surface area contributed by atoms with Crippen LogP contribution in [0.5, 0.6) is 0 Å². The molecule has 12 aromatic rings. The van der Waals surface area contributed by atoms with Crippen molar-refractivity contribution in [3.05, 3.63) is 164 Å². The molecule has 5 heterocycles. The Kier molecular flexibility index (Phi) is 6.21. The van der Waals surface area contributed by atoms with Gasteiger partial charge in [-0.15, -0.1) is 0 Å². The SMILES string of the molecule is c1ccc2c(c1)oc1cccc(-c3nc(-c4ccc(-c5cccc6oc7ccncc7c56)c5ccccc45)nc(-n4c5ccccc5c5ccccc54)n3)c12. The number of hydrogen-bond donors (Lipinski definition) is 0. The normalized spacial score (nSPS) is 12.0. The van der Waals surface area contributed by atoms with E-state index in [1.807, 2.05) is 54.7 Å². The van der Waals surface area contributed by atoms with Crippen LogP contribution in [0.15, 0.2) is 173 Å². The third-order valence-electron chi connectivity index (χ3n) is 10.8. The minimum Gasteiger partial charge on any atom is -0.456 e. The third kappa shape index (κ3) is 4.38. The summed E-state index contributed by atoms with van der Waals surface area (Å²) in [5.41, 5.74) is 9.23. The molecule has 7 nitrogen and oxygen atoms in total. The van der Waals surface area contributed by atoms with Crippen molar-refractivity contribution >= 4 is 76.5 Å². The van der Waals surface area contributed by atoms with E-state index in [1.54, 1.807) is 6.20 Å². The third-order valence-corrected chi connectivity index (χ3v) is 10.8. The number of para-hydroxylation sites is 3. The summed E-state index contributed by atoms with van der Waals surface area (Å²) in [7, 11) is 0. The lowest BCUT2D eigenvalue weighted by Crippen LogP contribution is -2.06. The predicted molar refractivity (Wildman–Crippen MR) is 220 cm³/mol. The van der Waals surface area contributed by atoms with Gasteiger partial charge in [-0.1, -0.05) is 109 Å². The molecule has 0 aliphatic carbocycles. The van der Waals surface area contributed by atoms with Gasteiger partial charge in [0.1, 0.15) is 22.3 Å². The Morgan fingerprint density at radius 2 is 0.891 bits per heavy atom. The molecule has 0 unspecified atom stereocenters. The maximum absolute atomic E-state index is 6.32. The second kappa shape index (κ2) is 11.4. The van der Waals surface area contributed by atoms with Crippen molar-refractivity contribution in [1.82, 2.24) is 24.5 Å². The summed E-state index contributed by atoms with van der Waals surface area (Å²) in [6, 6.07) is 52.0. The molecular weight excluding hydrogens is 679 g/mol. The van der Waals surface area contributed by atoms with Crippen molar-refractivity contribution in [1.29, 1.82) is 0 Å². The van der Waals surface area contributed by atoms with E-state index in [4.69, 9.17) is 23.8 Å². The van der Waals surface area contributed by atoms with Gasteiger partial charge in [-0.25, -0.2) is 4.98 Å². The van der Waals surface area contributed by atoms with Crippen LogP contribution >= 0.6 is 0 Å². The Labute approximate surface area is 312 Å². The lowest BCUT2D eigenvalue weighted by Gasteiger charge is -2.14. The topological polar surface area (TPSA) is 82.8 Å². The molecule has 0 radical (unpaired) electrons. The number of aromatic nitrogens is 5. The minimum atomic E-state index is 0.539. The van der Waals surface area contributed by atoms with Crippen molar-refractivity contribution in [2.75, 3.05) is 0 Å². The quantitative estimate of drug-likeness (QED) is 0.181. The zero-order chi connectivity index (χ0) is 36.0. The van der Waals surface area contributed by atoms with Crippen LogP contribution in [0.1, 0.15) is 0 Å². The van der Waals surface area contributed by atoms with E-state index in [1.165, 1.54) is 0 Å². The van der Waals surface area contributed by atoms with E-state index in [-0.39, 0.29) is 0 Å². The number of benzene rings is 7. The largest absolute Gasteiger partial charge is 0.456 e. The lowest BCUT2D eigenvalue weighted by molar-refractivity contribution is 0.668. The molecule has 7 heteroatoms. The second-order valence-electron chi connectivity index (χ2n) is 13.8. The maximum Gasteiger partial charge on any atom is 0.238 e. The van der Waals surface area contributed by atoms with Crippen LogP contribution < -0.4 is 0 Å². The van der Waals surface area contributed by atoms with Crippen LogP contribution in [0, 0.1) is 0 Å². The van der Waals surface area contributed by atoms with Crippen LogP contribution in [0.4, 0.5) is 0 Å². The molecule has 0 bridgehead atoms. The van der Waals surface area contributed by atoms with Crippen molar-refractivity contribution < 1.29 is 8.83 Å². The van der Waals surface area contributed by atoms with Crippen LogP contribution in [-0.2, 0) is 0 Å². The van der Waals surface area contributed by atoms with Crippen LogP contribution in [-0.4, -0.2) is 24.5 Å². The smallest absolute Gasteiger partial charge is 0.238 e. The summed E-state index contributed by atoms with van der Waals surface area (Å²) in [6.07, 6.45) is 3.65. The highest BCUT2D eigenvalue weighted by atomic mass is 16.3. The Morgan fingerprint density at radius 1 is 0.364 bits per heavy atom. The van der Waals surface area contributed by atoms with Gasteiger partial charge in [0.2, 0.25) is 5.95 Å². The zero-order valence-corrected chi connectivity index (χ0v) is 29.1. The summed E-state index contributed by atoms with van der Waals surface area (Å²) in [5, 5.41) is 8.39. The first-order valence-corrected chi connectivity index (χ1v) is 18.2. The van der Waals surface area contributed by atoms with E-state index in [2.05, 4.69) is 113 Å². The minimum absolute atomic E-state index is 0.539. The molecule has 55 heavy (non-hydrogen) atoms. The van der Waals surface area contributed by atoms with E-state index in [9.17, 15) is 0 Å². The molecule has 256 valence electrons. The van der Waals surface area contributed by atoms with Gasteiger partial charge in [-0.3, -0.25) is 9.55 Å². The molecule has 0 N–H and O–H groups in total. The number of nitrogens with zero attached hydrogens (tertiary/aromatic N) is 5. The Bertz CT molecular complexity index is 3470. The van der Waals surface area contributed by atoms with E-state index < -0.39 is 0 Å². The summed E-state index contributed by atoms with van der Waals surface area (Å²) < 4.78 is 14.7. The van der Waals surface area contributed by atoms with Gasteiger partial charge in [0.15, 0.2) is 11.6 Å². The molecule has 0 saturated heterocycles. The summed E-state index contributed by atoms with van der Waals surface area (Å²) in [5.74, 6) is 1.68. The zero-order valence-electron chi connectivity index (χ0n) is 29.1. The van der Waals surface area contributed by atoms with Crippen LogP contribution in [0.3, 0.4) is 0 Å². The molecule has 0 fully saturated rings. The number of hydrogen-bond acceptors (Lipinski definition) is 6. The standard InChI is InChI=1S/C48H27N5O2/c1-2-12-29-28(11-1)30(33-16-9-21-42-44(33)37-27-49-26-25-41(37)55-42)23-24-34(29)46-50-47(36-17-10-22-43-45(36)35-15-5-8-20-40(35)54-43)52-48(51-46)53-38-18-6-3-13-31(38)32-14-4-7-19-39(32)53/h1-27H. The fourth-order valence-corrected chi connectivity index (χ4v) is 8.43. The first kappa shape index (κ1) is 29.9. The summed E-state index contributed by atoms with van der Waals surface area (Å²) in [6.45, 7) is 0. The van der Waals surface area contributed by atoms with Gasteiger partial charge < -0.3 is 8.83 Å². The number of pyridine rings is 1. The number of rotatable bonds is 4. The van der Waals surface area contributed by atoms with Crippen molar-refractivity contribution in [2.45, 2.75) is 0 Å². The van der Waals surface area contributed by atoms with Gasteiger partial charge >= 0.3 is 0 Å². The molecule has 0 aliphatic rings. The average molecular weight is 706 g/mol. The van der Waals surface area contributed by atoms with Gasteiger partial charge in [-0.05, 0) is 64.4 Å². The first-order chi connectivity index (χ1) is 27.3. The fraction of sp³-hybridized carbons (Fsp3) is 0. The highest BCUT2D eigenvalue weighted by molar-refractivity contribution is 6.16. The summed E-state index contributed by atoms with van der Waals surface area (Å²) >= 11 is 0. The molecule has 7 aromatic carbocycles. The van der Waals surface area contributed by atoms with E-state index >= 15 is 0 Å². The van der Waals surface area contributed by atoms with E-state index in [0.29, 0.717) is 17.6 Å². The Balaban J connectivity index is 1.16. The molecule has 0 aliphatic heterocycles. The maximum atomic E-state index is 6.32. The van der Waals surface area contributed by atoms with Gasteiger partial charge in [0.25, 0.3) is 0 Å². The average Bonchev–Trinajstić information content (AvgIpc) is 3.93. The van der Waals surface area contributed by atoms with Crippen molar-refractivity contribution in [3.8, 4) is 39.9 Å². The number of furan rings is 2. The van der Waals surface area contributed by atoms with Crippen molar-refractivity contribution in [3.63, 3.8) is 0 Å². The molecule has 0 amide bonds. The van der Waals surface area contributed by atoms with Gasteiger partial charge in [-0.2, -0.15) is 9.97 Å². The highest BCUT2D eigenvalue weighted by Gasteiger charge is 2.22. The monoisotopic (exact) mass is 705 g/mol. The molecule has 0 saturated carbocycles. The van der Waals surface area contributed by atoms with E-state index in [0.717, 1.165) is 98.7 Å². The molecule has 0 spiro atoms. The first-order valence-electron chi connectivity index (χ1n) is 18.2. The lowest BCUT2D eigenvalue weighted by atomic mass is 9.92. The summed E-state index contributed by atoms with van der Waals surface area (Å²) in [4.78, 5) is 20.4. The van der Waals surface area contributed by atoms with Gasteiger partial charge in [0.05, 0.1) is 11.0 Å². The second-order valence-corrected chi connectivity index (χ2v) is 13.8. The Morgan fingerprint density at radius 3 is 1.62 bits per heavy atom. The highest BCUT2D eigenvalue weighted by Crippen LogP contribution is 2.42. The Hall–Kier alpha value is -7.64. The number of fused-ring (bicyclic) bond motifs is 10. The van der Waals surface area contributed by atoms with Crippen molar-refractivity contribution in [2.24, 2.45) is 0 Å².